The Bertz CT molecular complexity index is 1010. The molecule has 0 N–H and O–H groups in total. The smallest absolute Gasteiger partial charge is 0.163 e. The van der Waals surface area contributed by atoms with Crippen molar-refractivity contribution in [2.24, 2.45) is 0 Å². The molecule has 0 unspecified atom stereocenters. The molecule has 0 spiro atoms. The van der Waals surface area contributed by atoms with E-state index in [1.54, 1.807) is 6.08 Å². The Balaban J connectivity index is 1.85. The van der Waals surface area contributed by atoms with Gasteiger partial charge in [0.1, 0.15) is 17.3 Å². The number of rotatable bonds is 12. The summed E-state index contributed by atoms with van der Waals surface area (Å²) in [6.07, 6.45) is 3.79. The molecule has 4 nitrogen and oxygen atoms in total. The van der Waals surface area contributed by atoms with Gasteiger partial charge < -0.3 is 18.9 Å². The molecule has 3 aromatic carbocycles. The monoisotopic (exact) mass is 484 g/mol. The van der Waals surface area contributed by atoms with Gasteiger partial charge in [-0.2, -0.15) is 0 Å². The van der Waals surface area contributed by atoms with Crippen LogP contribution >= 0.6 is 0 Å². The van der Waals surface area contributed by atoms with E-state index in [1.807, 2.05) is 74.5 Å². The Hall–Kier alpha value is -3.02. The summed E-state index contributed by atoms with van der Waals surface area (Å²) in [4.78, 5) is 0. The molecule has 36 heavy (non-hydrogen) atoms. The second kappa shape index (κ2) is 11.4. The van der Waals surface area contributed by atoms with Gasteiger partial charge >= 0.3 is 0 Å². The van der Waals surface area contributed by atoms with Crippen LogP contribution in [0.4, 0.5) is 0 Å². The second-order valence-corrected chi connectivity index (χ2v) is 9.54. The van der Waals surface area contributed by atoms with E-state index in [-0.39, 0.29) is 12.7 Å². The SMILES string of the molecule is C=CCO[C@@](CC=C)(COC(c1ccccc1)(c1ccccc1)c1ccccc1)[C@@H]1COC(C)(C)O1. The summed E-state index contributed by atoms with van der Waals surface area (Å²) in [7, 11) is 0. The van der Waals surface area contributed by atoms with Crippen molar-refractivity contribution >= 4 is 0 Å². The van der Waals surface area contributed by atoms with Crippen molar-refractivity contribution in [2.75, 3.05) is 19.8 Å². The van der Waals surface area contributed by atoms with Gasteiger partial charge in [-0.3, -0.25) is 0 Å². The lowest BCUT2D eigenvalue weighted by atomic mass is 9.79. The second-order valence-electron chi connectivity index (χ2n) is 9.54. The maximum atomic E-state index is 7.14. The van der Waals surface area contributed by atoms with Gasteiger partial charge in [0.15, 0.2) is 5.79 Å². The number of hydrogen-bond donors (Lipinski definition) is 0. The molecule has 1 aliphatic rings. The zero-order valence-corrected chi connectivity index (χ0v) is 21.3. The van der Waals surface area contributed by atoms with Crippen molar-refractivity contribution in [1.29, 1.82) is 0 Å². The molecule has 4 heteroatoms. The summed E-state index contributed by atoms with van der Waals surface area (Å²) in [6.45, 7) is 12.7. The molecule has 0 aliphatic carbocycles. The first-order valence-corrected chi connectivity index (χ1v) is 12.4. The van der Waals surface area contributed by atoms with Crippen molar-refractivity contribution < 1.29 is 18.9 Å². The van der Waals surface area contributed by atoms with Crippen LogP contribution < -0.4 is 0 Å². The van der Waals surface area contributed by atoms with Gasteiger partial charge in [-0.1, -0.05) is 103 Å². The maximum Gasteiger partial charge on any atom is 0.163 e. The zero-order chi connectivity index (χ0) is 25.5. The predicted molar refractivity (Wildman–Crippen MR) is 144 cm³/mol. The molecule has 188 valence electrons. The Morgan fingerprint density at radius 3 is 1.69 bits per heavy atom. The van der Waals surface area contributed by atoms with E-state index >= 15 is 0 Å². The molecule has 1 saturated heterocycles. The number of hydrogen-bond acceptors (Lipinski definition) is 4. The molecule has 0 saturated carbocycles. The van der Waals surface area contributed by atoms with Crippen molar-refractivity contribution in [3.05, 3.63) is 133 Å². The van der Waals surface area contributed by atoms with Crippen molar-refractivity contribution in [1.82, 2.24) is 0 Å². The topological polar surface area (TPSA) is 36.9 Å². The first-order valence-electron chi connectivity index (χ1n) is 12.4. The largest absolute Gasteiger partial charge is 0.365 e. The summed E-state index contributed by atoms with van der Waals surface area (Å²) in [5.74, 6) is -0.704. The third kappa shape index (κ3) is 5.37. The van der Waals surface area contributed by atoms with Gasteiger partial charge in [0, 0.05) is 0 Å². The minimum Gasteiger partial charge on any atom is -0.365 e. The van der Waals surface area contributed by atoms with Gasteiger partial charge in [-0.05, 0) is 37.0 Å². The highest BCUT2D eigenvalue weighted by Gasteiger charge is 2.50. The molecule has 1 fully saturated rings. The van der Waals surface area contributed by atoms with E-state index in [0.717, 1.165) is 16.7 Å². The molecule has 0 aromatic heterocycles. The summed E-state index contributed by atoms with van der Waals surface area (Å²) in [6, 6.07) is 31.0. The van der Waals surface area contributed by atoms with E-state index in [0.29, 0.717) is 19.6 Å². The van der Waals surface area contributed by atoms with E-state index in [9.17, 15) is 0 Å². The van der Waals surface area contributed by atoms with Crippen LogP contribution in [0.5, 0.6) is 0 Å². The lowest BCUT2D eigenvalue weighted by Gasteiger charge is -2.42. The summed E-state index contributed by atoms with van der Waals surface area (Å²) >= 11 is 0. The molecular weight excluding hydrogens is 448 g/mol. The lowest BCUT2D eigenvalue weighted by molar-refractivity contribution is -0.203. The minimum atomic E-state index is -0.872. The zero-order valence-electron chi connectivity index (χ0n) is 21.3. The van der Waals surface area contributed by atoms with Gasteiger partial charge in [-0.15, -0.1) is 13.2 Å². The standard InChI is InChI=1S/C32H36O4/c1-5-22-31(33-23-6-2,29-24-34-30(3,4)36-29)25-35-32(26-16-10-7-11-17-26,27-18-12-8-13-19-27)28-20-14-9-15-21-28/h5-21,29H,1-2,22-25H2,3-4H3/t29-,31-/m0/s1. The lowest BCUT2D eigenvalue weighted by Crippen LogP contribution is -2.52. The molecule has 0 amide bonds. The normalized spacial score (nSPS) is 18.9. The third-order valence-electron chi connectivity index (χ3n) is 6.65. The molecule has 0 bridgehead atoms. The fraction of sp³-hybridized carbons (Fsp3) is 0.312. The average molecular weight is 485 g/mol. The summed E-state index contributed by atoms with van der Waals surface area (Å²) in [5, 5.41) is 0. The highest BCUT2D eigenvalue weighted by Crippen LogP contribution is 2.43. The highest BCUT2D eigenvalue weighted by molar-refractivity contribution is 5.47. The Labute approximate surface area is 215 Å². The molecule has 0 radical (unpaired) electrons. The highest BCUT2D eigenvalue weighted by atomic mass is 16.8. The van der Waals surface area contributed by atoms with E-state index in [1.165, 1.54) is 0 Å². The fourth-order valence-electron chi connectivity index (χ4n) is 4.89. The molecule has 1 heterocycles. The third-order valence-corrected chi connectivity index (χ3v) is 6.65. The van der Waals surface area contributed by atoms with Gasteiger partial charge in [0.25, 0.3) is 0 Å². The van der Waals surface area contributed by atoms with Crippen LogP contribution in [0.15, 0.2) is 116 Å². The van der Waals surface area contributed by atoms with Crippen LogP contribution in [0, 0.1) is 0 Å². The van der Waals surface area contributed by atoms with E-state index in [4.69, 9.17) is 18.9 Å². The number of ether oxygens (including phenoxy) is 4. The van der Waals surface area contributed by atoms with Crippen LogP contribution in [0.3, 0.4) is 0 Å². The van der Waals surface area contributed by atoms with Gasteiger partial charge in [0.2, 0.25) is 0 Å². The van der Waals surface area contributed by atoms with Gasteiger partial charge in [0.05, 0.1) is 19.8 Å². The first kappa shape index (κ1) is 26.1. The van der Waals surface area contributed by atoms with Crippen molar-refractivity contribution in [3.63, 3.8) is 0 Å². The number of benzene rings is 3. The first-order chi connectivity index (χ1) is 17.5. The molecule has 4 rings (SSSR count). The van der Waals surface area contributed by atoms with Crippen LogP contribution in [0.1, 0.15) is 37.0 Å². The van der Waals surface area contributed by atoms with E-state index < -0.39 is 17.0 Å². The molecule has 2 atom stereocenters. The van der Waals surface area contributed by atoms with Crippen LogP contribution in [0.2, 0.25) is 0 Å². The Kier molecular flexibility index (Phi) is 8.22. The van der Waals surface area contributed by atoms with Gasteiger partial charge in [-0.25, -0.2) is 0 Å². The fourth-order valence-corrected chi connectivity index (χ4v) is 4.89. The Morgan fingerprint density at radius 1 is 0.806 bits per heavy atom. The molecular formula is C32H36O4. The minimum absolute atomic E-state index is 0.246. The van der Waals surface area contributed by atoms with E-state index in [2.05, 4.69) is 49.6 Å². The Morgan fingerprint density at radius 2 is 1.31 bits per heavy atom. The van der Waals surface area contributed by atoms with Crippen LogP contribution in [-0.4, -0.2) is 37.3 Å². The quantitative estimate of drug-likeness (QED) is 0.213. The van der Waals surface area contributed by atoms with Crippen LogP contribution in [-0.2, 0) is 24.5 Å². The van der Waals surface area contributed by atoms with Crippen molar-refractivity contribution in [3.8, 4) is 0 Å². The predicted octanol–water partition coefficient (Wildman–Crippen LogP) is 6.66. The van der Waals surface area contributed by atoms with Crippen molar-refractivity contribution in [2.45, 2.75) is 43.4 Å². The maximum absolute atomic E-state index is 7.14. The molecule has 1 aliphatic heterocycles. The molecule has 3 aromatic rings. The summed E-state index contributed by atoms with van der Waals surface area (Å²) in [5.41, 5.74) is 1.39. The average Bonchev–Trinajstić information content (AvgIpc) is 3.29. The summed E-state index contributed by atoms with van der Waals surface area (Å²) < 4.78 is 25.9. The van der Waals surface area contributed by atoms with Crippen LogP contribution in [0.25, 0.3) is 0 Å².